The van der Waals surface area contributed by atoms with Crippen LogP contribution in [-0.2, 0) is 4.79 Å². The normalized spacial score (nSPS) is 22.7. The summed E-state index contributed by atoms with van der Waals surface area (Å²) in [6, 6.07) is -0.130. The largest absolute Gasteiger partial charge is 0.435 e. The molecule has 1 aliphatic heterocycles. The highest BCUT2D eigenvalue weighted by Crippen LogP contribution is 2.40. The molecule has 3 atom stereocenters. The molecule has 0 radical (unpaired) electrons. The van der Waals surface area contributed by atoms with Crippen molar-refractivity contribution in [1.82, 2.24) is 15.2 Å². The van der Waals surface area contributed by atoms with Crippen molar-refractivity contribution in [2.45, 2.75) is 64.5 Å². The minimum Gasteiger partial charge on any atom is -0.435 e. The molecule has 1 saturated heterocycles. The van der Waals surface area contributed by atoms with Gasteiger partial charge in [-0.2, -0.15) is 0 Å². The highest BCUT2D eigenvalue weighted by Gasteiger charge is 2.34. The number of carbonyl (C=O) groups excluding carboxylic acids is 2. The Morgan fingerprint density at radius 3 is 2.76 bits per heavy atom. The monoisotopic (exact) mass is 349 g/mol. The molecule has 7 heteroatoms. The van der Waals surface area contributed by atoms with E-state index in [1.165, 1.54) is 0 Å². The Balaban J connectivity index is 1.56. The summed E-state index contributed by atoms with van der Waals surface area (Å²) in [7, 11) is 0. The summed E-state index contributed by atoms with van der Waals surface area (Å²) in [5.74, 6) is 0.686. The summed E-state index contributed by atoms with van der Waals surface area (Å²) in [4.78, 5) is 30.7. The molecule has 2 fully saturated rings. The number of aromatic nitrogens is 1. The first kappa shape index (κ1) is 17.9. The molecule has 138 valence electrons. The van der Waals surface area contributed by atoms with Gasteiger partial charge < -0.3 is 19.7 Å². The molecular formula is C18H27N3O4. The van der Waals surface area contributed by atoms with Gasteiger partial charge >= 0.3 is 0 Å². The van der Waals surface area contributed by atoms with E-state index in [0.717, 1.165) is 19.3 Å². The molecule has 1 aromatic rings. The molecule has 7 nitrogen and oxygen atoms in total. The highest BCUT2D eigenvalue weighted by atomic mass is 16.4. The minimum atomic E-state index is -0.975. The number of oxazole rings is 1. The topological polar surface area (TPSA) is 95.7 Å². The Morgan fingerprint density at radius 1 is 1.40 bits per heavy atom. The van der Waals surface area contributed by atoms with Crippen LogP contribution >= 0.6 is 0 Å². The number of hydrogen-bond acceptors (Lipinski definition) is 5. The van der Waals surface area contributed by atoms with Gasteiger partial charge in [0.1, 0.15) is 6.10 Å². The molecule has 2 amide bonds. The second kappa shape index (κ2) is 7.15. The Labute approximate surface area is 147 Å². The van der Waals surface area contributed by atoms with Crippen LogP contribution in [0.15, 0.2) is 4.42 Å². The van der Waals surface area contributed by atoms with Gasteiger partial charge in [-0.3, -0.25) is 9.59 Å². The van der Waals surface area contributed by atoms with Crippen molar-refractivity contribution < 1.29 is 19.1 Å². The molecule has 1 aromatic heterocycles. The van der Waals surface area contributed by atoms with E-state index in [2.05, 4.69) is 10.3 Å². The lowest BCUT2D eigenvalue weighted by Gasteiger charge is -2.23. The fourth-order valence-corrected chi connectivity index (χ4v) is 3.12. The number of amides is 2. The number of likely N-dealkylation sites (tertiary alicyclic amines) is 1. The first-order valence-electron chi connectivity index (χ1n) is 9.15. The summed E-state index contributed by atoms with van der Waals surface area (Å²) < 4.78 is 5.63. The number of rotatable bonds is 6. The van der Waals surface area contributed by atoms with Crippen LogP contribution in [0, 0.1) is 12.8 Å². The van der Waals surface area contributed by atoms with Crippen LogP contribution < -0.4 is 5.32 Å². The SMILES string of the molecule is CC[C@H](C)[C@H](O)C(=O)N1CCC(NC(=O)c2oc(C3CC3)nc2C)C1. The zero-order valence-corrected chi connectivity index (χ0v) is 15.1. The maximum Gasteiger partial charge on any atom is 0.289 e. The van der Waals surface area contributed by atoms with Crippen LogP contribution in [0.3, 0.4) is 0 Å². The number of aryl methyl sites for hydroxylation is 1. The van der Waals surface area contributed by atoms with Gasteiger partial charge in [-0.1, -0.05) is 20.3 Å². The van der Waals surface area contributed by atoms with E-state index < -0.39 is 6.10 Å². The van der Waals surface area contributed by atoms with Crippen molar-refractivity contribution in [3.05, 3.63) is 17.3 Å². The van der Waals surface area contributed by atoms with Crippen LogP contribution in [0.25, 0.3) is 0 Å². The third-order valence-electron chi connectivity index (χ3n) is 5.22. The summed E-state index contributed by atoms with van der Waals surface area (Å²) in [5, 5.41) is 13.0. The molecular weight excluding hydrogens is 322 g/mol. The Morgan fingerprint density at radius 2 is 2.12 bits per heavy atom. The van der Waals surface area contributed by atoms with E-state index in [1.54, 1.807) is 11.8 Å². The van der Waals surface area contributed by atoms with Gasteiger partial charge in [-0.15, -0.1) is 0 Å². The van der Waals surface area contributed by atoms with Crippen molar-refractivity contribution in [1.29, 1.82) is 0 Å². The van der Waals surface area contributed by atoms with Crippen LogP contribution in [0.5, 0.6) is 0 Å². The van der Waals surface area contributed by atoms with Crippen molar-refractivity contribution in [2.24, 2.45) is 5.92 Å². The van der Waals surface area contributed by atoms with Crippen molar-refractivity contribution in [3.8, 4) is 0 Å². The van der Waals surface area contributed by atoms with Gasteiger partial charge in [0.15, 0.2) is 5.89 Å². The number of carbonyl (C=O) groups is 2. The summed E-state index contributed by atoms with van der Waals surface area (Å²) in [6.45, 7) is 6.55. The number of hydrogen-bond donors (Lipinski definition) is 2. The third-order valence-corrected chi connectivity index (χ3v) is 5.22. The molecule has 3 rings (SSSR count). The average molecular weight is 349 g/mol. The van der Waals surface area contributed by atoms with E-state index in [4.69, 9.17) is 4.42 Å². The molecule has 25 heavy (non-hydrogen) atoms. The fourth-order valence-electron chi connectivity index (χ4n) is 3.12. The minimum absolute atomic E-state index is 0.0705. The molecule has 0 aromatic carbocycles. The lowest BCUT2D eigenvalue weighted by Crippen LogP contribution is -2.43. The smallest absolute Gasteiger partial charge is 0.289 e. The summed E-state index contributed by atoms with van der Waals surface area (Å²) in [6.07, 6.45) is 2.58. The lowest BCUT2D eigenvalue weighted by molar-refractivity contribution is -0.141. The van der Waals surface area contributed by atoms with Crippen LogP contribution in [0.2, 0.25) is 0 Å². The van der Waals surface area contributed by atoms with Crippen molar-refractivity contribution >= 4 is 11.8 Å². The van der Waals surface area contributed by atoms with Gasteiger partial charge in [-0.25, -0.2) is 4.98 Å². The van der Waals surface area contributed by atoms with Gasteiger partial charge in [-0.05, 0) is 32.1 Å². The molecule has 2 N–H and O–H groups in total. The Bertz CT molecular complexity index is 653. The molecule has 0 spiro atoms. The highest BCUT2D eigenvalue weighted by molar-refractivity contribution is 5.92. The average Bonchev–Trinajstić information content (AvgIpc) is 3.23. The van der Waals surface area contributed by atoms with Crippen LogP contribution in [0.4, 0.5) is 0 Å². The first-order valence-corrected chi connectivity index (χ1v) is 9.15. The Hall–Kier alpha value is -1.89. The third kappa shape index (κ3) is 3.86. The second-order valence-electron chi connectivity index (χ2n) is 7.31. The molecule has 0 bridgehead atoms. The second-order valence-corrected chi connectivity index (χ2v) is 7.31. The fraction of sp³-hybridized carbons (Fsp3) is 0.722. The van der Waals surface area contributed by atoms with E-state index in [1.807, 2.05) is 13.8 Å². The summed E-state index contributed by atoms with van der Waals surface area (Å²) >= 11 is 0. The van der Waals surface area contributed by atoms with E-state index in [-0.39, 0.29) is 29.5 Å². The van der Waals surface area contributed by atoms with E-state index in [0.29, 0.717) is 37.0 Å². The van der Waals surface area contributed by atoms with Gasteiger partial charge in [0.25, 0.3) is 11.8 Å². The van der Waals surface area contributed by atoms with E-state index in [9.17, 15) is 14.7 Å². The molecule has 2 heterocycles. The number of aliphatic hydroxyl groups excluding tert-OH is 1. The van der Waals surface area contributed by atoms with E-state index >= 15 is 0 Å². The van der Waals surface area contributed by atoms with Crippen molar-refractivity contribution in [2.75, 3.05) is 13.1 Å². The zero-order chi connectivity index (χ0) is 18.1. The Kier molecular flexibility index (Phi) is 5.13. The lowest BCUT2D eigenvalue weighted by atomic mass is 10.0. The molecule has 1 aliphatic carbocycles. The van der Waals surface area contributed by atoms with Crippen LogP contribution in [-0.4, -0.2) is 52.0 Å². The van der Waals surface area contributed by atoms with Gasteiger partial charge in [0.05, 0.1) is 5.69 Å². The van der Waals surface area contributed by atoms with Crippen molar-refractivity contribution in [3.63, 3.8) is 0 Å². The number of nitrogens with zero attached hydrogens (tertiary/aromatic N) is 2. The van der Waals surface area contributed by atoms with Crippen LogP contribution in [0.1, 0.15) is 67.6 Å². The van der Waals surface area contributed by atoms with Gasteiger partial charge in [0.2, 0.25) is 5.76 Å². The predicted molar refractivity (Wildman–Crippen MR) is 91.1 cm³/mol. The maximum absolute atomic E-state index is 12.4. The number of nitrogens with one attached hydrogen (secondary N) is 1. The zero-order valence-electron chi connectivity index (χ0n) is 15.1. The predicted octanol–water partition coefficient (Wildman–Crippen LogP) is 1.60. The quantitative estimate of drug-likeness (QED) is 0.813. The maximum atomic E-state index is 12.4. The molecule has 2 aliphatic rings. The molecule has 1 saturated carbocycles. The molecule has 1 unspecified atom stereocenters. The standard InChI is InChI=1S/C18H27N3O4/c1-4-10(2)14(22)18(24)21-8-7-13(9-21)20-16(23)15-11(3)19-17(25-15)12-5-6-12/h10,12-14,22H,4-9H2,1-3H3,(H,20,23)/t10-,13?,14-/m0/s1. The first-order chi connectivity index (χ1) is 11.9. The number of aliphatic hydroxyl groups is 1. The van der Waals surface area contributed by atoms with Gasteiger partial charge in [0, 0.05) is 25.0 Å². The summed E-state index contributed by atoms with van der Waals surface area (Å²) in [5.41, 5.74) is 0.609.